The molecule has 1 N–H and O–H groups in total. The molecule has 4 nitrogen and oxygen atoms in total. The fraction of sp³-hybridized carbons (Fsp3) is 0.250. The highest BCUT2D eigenvalue weighted by Gasteiger charge is 2.11. The average molecular weight is 163 g/mol. The number of rotatable bonds is 2. The van der Waals surface area contributed by atoms with Gasteiger partial charge in [0.1, 0.15) is 6.26 Å². The Morgan fingerprint density at radius 3 is 3.00 bits per heavy atom. The highest BCUT2D eigenvalue weighted by Crippen LogP contribution is 2.19. The molecule has 62 valence electrons. The molecule has 0 aromatic carbocycles. The molecule has 0 radical (unpaired) electrons. The van der Waals surface area contributed by atoms with Crippen LogP contribution in [0.5, 0.6) is 0 Å². The molecule has 0 saturated heterocycles. The van der Waals surface area contributed by atoms with E-state index < -0.39 is 0 Å². The van der Waals surface area contributed by atoms with Crippen LogP contribution in [0.2, 0.25) is 0 Å². The molecule has 2 heterocycles. The fourth-order valence-electron chi connectivity index (χ4n) is 1.11. The van der Waals surface area contributed by atoms with Crippen molar-refractivity contribution < 1.29 is 4.52 Å². The summed E-state index contributed by atoms with van der Waals surface area (Å²) in [6.07, 6.45) is 3.30. The van der Waals surface area contributed by atoms with Crippen molar-refractivity contribution in [2.24, 2.45) is 0 Å². The normalized spacial score (nSPS) is 13.1. The van der Waals surface area contributed by atoms with E-state index in [4.69, 9.17) is 4.52 Å². The van der Waals surface area contributed by atoms with Crippen molar-refractivity contribution >= 4 is 0 Å². The minimum Gasteiger partial charge on any atom is -0.364 e. The van der Waals surface area contributed by atoms with Crippen molar-refractivity contribution in [3.63, 3.8) is 0 Å². The predicted octanol–water partition coefficient (Wildman–Crippen LogP) is 1.55. The Hall–Kier alpha value is -1.58. The molecule has 0 bridgehead atoms. The summed E-state index contributed by atoms with van der Waals surface area (Å²) in [6, 6.07) is 3.78. The highest BCUT2D eigenvalue weighted by atomic mass is 16.5. The lowest BCUT2D eigenvalue weighted by molar-refractivity contribution is 0.409. The third-order valence-electron chi connectivity index (χ3n) is 1.89. The van der Waals surface area contributed by atoms with E-state index in [1.165, 1.54) is 0 Å². The summed E-state index contributed by atoms with van der Waals surface area (Å²) in [5, 5.41) is 10.6. The number of hydrogen-bond donors (Lipinski definition) is 1. The largest absolute Gasteiger partial charge is 0.364 e. The van der Waals surface area contributed by atoms with Gasteiger partial charge in [-0.3, -0.25) is 5.10 Å². The Balaban J connectivity index is 2.27. The molecule has 0 fully saturated rings. The van der Waals surface area contributed by atoms with Gasteiger partial charge in [0.2, 0.25) is 0 Å². The second kappa shape index (κ2) is 2.81. The fourth-order valence-corrected chi connectivity index (χ4v) is 1.11. The van der Waals surface area contributed by atoms with E-state index >= 15 is 0 Å². The van der Waals surface area contributed by atoms with Crippen LogP contribution in [0.15, 0.2) is 29.1 Å². The van der Waals surface area contributed by atoms with Crippen LogP contribution in [0, 0.1) is 0 Å². The molecular weight excluding hydrogens is 154 g/mol. The van der Waals surface area contributed by atoms with Crippen LogP contribution >= 0.6 is 0 Å². The van der Waals surface area contributed by atoms with Crippen molar-refractivity contribution in [1.82, 2.24) is 15.4 Å². The molecule has 12 heavy (non-hydrogen) atoms. The van der Waals surface area contributed by atoms with Crippen LogP contribution in [0.1, 0.15) is 24.2 Å². The Kier molecular flexibility index (Phi) is 1.66. The van der Waals surface area contributed by atoms with Gasteiger partial charge >= 0.3 is 0 Å². The first-order chi connectivity index (χ1) is 5.88. The molecule has 0 aliphatic heterocycles. The molecule has 0 aliphatic carbocycles. The molecule has 0 aliphatic rings. The monoisotopic (exact) mass is 163 g/mol. The van der Waals surface area contributed by atoms with Crippen molar-refractivity contribution in [3.8, 4) is 0 Å². The van der Waals surface area contributed by atoms with Gasteiger partial charge in [0.05, 0.1) is 5.69 Å². The number of aromatic nitrogens is 3. The number of nitrogens with zero attached hydrogens (tertiary/aromatic N) is 2. The highest BCUT2D eigenvalue weighted by molar-refractivity contribution is 5.17. The number of hydrogen-bond acceptors (Lipinski definition) is 3. The van der Waals surface area contributed by atoms with Gasteiger partial charge in [-0.05, 0) is 6.07 Å². The first kappa shape index (κ1) is 7.09. The lowest BCUT2D eigenvalue weighted by Crippen LogP contribution is -1.96. The Labute approximate surface area is 69.6 Å². The second-order valence-corrected chi connectivity index (χ2v) is 2.66. The molecular formula is C8H9N3O. The van der Waals surface area contributed by atoms with Gasteiger partial charge in [-0.2, -0.15) is 5.10 Å². The SMILES string of the molecule is CC(c1ccon1)c1ccn[nH]1. The number of aromatic amines is 1. The number of nitrogens with one attached hydrogen (secondary N) is 1. The third kappa shape index (κ3) is 1.11. The summed E-state index contributed by atoms with van der Waals surface area (Å²) < 4.78 is 4.75. The minimum atomic E-state index is 0.214. The lowest BCUT2D eigenvalue weighted by Gasteiger charge is -2.02. The van der Waals surface area contributed by atoms with Crippen LogP contribution in [0.3, 0.4) is 0 Å². The second-order valence-electron chi connectivity index (χ2n) is 2.66. The van der Waals surface area contributed by atoms with Crippen LogP contribution < -0.4 is 0 Å². The standard InChI is InChI=1S/C8H9N3O/c1-6(7-2-4-9-10-7)8-3-5-12-11-8/h2-6H,1H3,(H,9,10). The van der Waals surface area contributed by atoms with E-state index in [1.54, 1.807) is 12.5 Å². The smallest absolute Gasteiger partial charge is 0.124 e. The van der Waals surface area contributed by atoms with Crippen LogP contribution in [0.4, 0.5) is 0 Å². The summed E-state index contributed by atoms with van der Waals surface area (Å²) in [6.45, 7) is 2.05. The zero-order valence-corrected chi connectivity index (χ0v) is 6.69. The Morgan fingerprint density at radius 2 is 2.42 bits per heavy atom. The zero-order chi connectivity index (χ0) is 8.39. The van der Waals surface area contributed by atoms with Crippen molar-refractivity contribution in [2.75, 3.05) is 0 Å². The van der Waals surface area contributed by atoms with E-state index in [2.05, 4.69) is 15.4 Å². The van der Waals surface area contributed by atoms with Crippen LogP contribution in [-0.2, 0) is 0 Å². The maximum absolute atomic E-state index is 4.75. The molecule has 0 spiro atoms. The summed E-state index contributed by atoms with van der Waals surface area (Å²) in [4.78, 5) is 0. The van der Waals surface area contributed by atoms with Gasteiger partial charge in [-0.25, -0.2) is 0 Å². The van der Waals surface area contributed by atoms with Gasteiger partial charge < -0.3 is 4.52 Å². The van der Waals surface area contributed by atoms with Crippen molar-refractivity contribution in [1.29, 1.82) is 0 Å². The molecule has 1 atom stereocenters. The first-order valence-electron chi connectivity index (χ1n) is 3.77. The van der Waals surface area contributed by atoms with E-state index in [-0.39, 0.29) is 5.92 Å². The molecule has 0 saturated carbocycles. The van der Waals surface area contributed by atoms with Crippen LogP contribution in [0.25, 0.3) is 0 Å². The molecule has 2 aromatic heterocycles. The number of H-pyrrole nitrogens is 1. The molecule has 1 unspecified atom stereocenters. The van der Waals surface area contributed by atoms with E-state index in [9.17, 15) is 0 Å². The predicted molar refractivity (Wildman–Crippen MR) is 42.6 cm³/mol. The molecule has 4 heteroatoms. The Morgan fingerprint density at radius 1 is 1.50 bits per heavy atom. The molecule has 0 amide bonds. The average Bonchev–Trinajstić information content (AvgIpc) is 2.77. The van der Waals surface area contributed by atoms with Gasteiger partial charge in [0.25, 0.3) is 0 Å². The Bertz CT molecular complexity index is 291. The van der Waals surface area contributed by atoms with Gasteiger partial charge in [0.15, 0.2) is 0 Å². The summed E-state index contributed by atoms with van der Waals surface area (Å²) in [5.74, 6) is 0.214. The lowest BCUT2D eigenvalue weighted by atomic mass is 10.1. The zero-order valence-electron chi connectivity index (χ0n) is 6.69. The van der Waals surface area contributed by atoms with Gasteiger partial charge in [-0.15, -0.1) is 0 Å². The quantitative estimate of drug-likeness (QED) is 0.730. The van der Waals surface area contributed by atoms with Gasteiger partial charge in [-0.1, -0.05) is 12.1 Å². The maximum Gasteiger partial charge on any atom is 0.124 e. The molecule has 2 aromatic rings. The van der Waals surface area contributed by atoms with E-state index in [0.29, 0.717) is 0 Å². The van der Waals surface area contributed by atoms with E-state index in [1.807, 2.05) is 19.1 Å². The van der Waals surface area contributed by atoms with Gasteiger partial charge in [0, 0.05) is 23.9 Å². The summed E-state index contributed by atoms with van der Waals surface area (Å²) >= 11 is 0. The third-order valence-corrected chi connectivity index (χ3v) is 1.89. The topological polar surface area (TPSA) is 54.7 Å². The minimum absolute atomic E-state index is 0.214. The molecule has 2 rings (SSSR count). The van der Waals surface area contributed by atoms with Crippen LogP contribution in [-0.4, -0.2) is 15.4 Å². The maximum atomic E-state index is 4.75. The first-order valence-corrected chi connectivity index (χ1v) is 3.77. The summed E-state index contributed by atoms with van der Waals surface area (Å²) in [5.41, 5.74) is 1.96. The van der Waals surface area contributed by atoms with E-state index in [0.717, 1.165) is 11.4 Å². The summed E-state index contributed by atoms with van der Waals surface area (Å²) in [7, 11) is 0. The van der Waals surface area contributed by atoms with Crippen molar-refractivity contribution in [3.05, 3.63) is 36.0 Å². The van der Waals surface area contributed by atoms with Crippen molar-refractivity contribution in [2.45, 2.75) is 12.8 Å².